The fraction of sp³-hybridized carbons (Fsp3) is 0. The van der Waals surface area contributed by atoms with Crippen LogP contribution in [0.1, 0.15) is 5.56 Å². The summed E-state index contributed by atoms with van der Waals surface area (Å²) in [5.74, 6) is 1.67. The Morgan fingerprint density at radius 1 is 0.513 bits per heavy atom. The average molecular weight is 500 g/mol. The molecule has 0 aliphatic carbocycles. The Labute approximate surface area is 225 Å². The number of hydrogen-bond acceptors (Lipinski definition) is 4. The smallest absolute Gasteiger partial charge is 0.166 e. The van der Waals surface area contributed by atoms with E-state index in [1.54, 1.807) is 0 Å². The van der Waals surface area contributed by atoms with Gasteiger partial charge in [0, 0.05) is 27.5 Å². The highest BCUT2D eigenvalue weighted by Crippen LogP contribution is 2.36. The van der Waals surface area contributed by atoms with Gasteiger partial charge >= 0.3 is 0 Å². The van der Waals surface area contributed by atoms with Crippen LogP contribution in [0.5, 0.6) is 0 Å². The Balaban J connectivity index is 1.55. The van der Waals surface area contributed by atoms with Crippen molar-refractivity contribution in [2.75, 3.05) is 0 Å². The van der Waals surface area contributed by atoms with Gasteiger partial charge in [-0.2, -0.15) is 5.26 Å². The first kappa shape index (κ1) is 22.6. The molecule has 0 aliphatic rings. The molecule has 0 fully saturated rings. The van der Waals surface area contributed by atoms with Crippen molar-refractivity contribution in [2.45, 2.75) is 0 Å². The van der Waals surface area contributed by atoms with Gasteiger partial charge in [-0.1, -0.05) is 97.1 Å². The zero-order chi connectivity index (χ0) is 26.2. The van der Waals surface area contributed by atoms with Gasteiger partial charge in [-0.05, 0) is 30.3 Å². The summed E-state index contributed by atoms with van der Waals surface area (Å²) in [6, 6.07) is 44.5. The van der Waals surface area contributed by atoms with Crippen LogP contribution in [0.25, 0.3) is 61.7 Å². The van der Waals surface area contributed by atoms with Crippen molar-refractivity contribution in [1.82, 2.24) is 19.5 Å². The summed E-state index contributed by atoms with van der Waals surface area (Å²) in [4.78, 5) is 14.8. The van der Waals surface area contributed by atoms with Crippen LogP contribution in [-0.2, 0) is 0 Å². The zero-order valence-electron chi connectivity index (χ0n) is 20.9. The van der Waals surface area contributed by atoms with Crippen LogP contribution in [0.15, 0.2) is 127 Å². The van der Waals surface area contributed by atoms with Crippen LogP contribution >= 0.6 is 0 Å². The molecule has 7 aromatic rings. The summed E-state index contributed by atoms with van der Waals surface area (Å²) < 4.78 is 2.23. The fourth-order valence-corrected chi connectivity index (χ4v) is 5.09. The highest BCUT2D eigenvalue weighted by atomic mass is 15.1. The van der Waals surface area contributed by atoms with Gasteiger partial charge in [0.05, 0.1) is 28.4 Å². The molecule has 0 radical (unpaired) electrons. The molecule has 7 rings (SSSR count). The van der Waals surface area contributed by atoms with Crippen LogP contribution in [0, 0.1) is 11.3 Å². The van der Waals surface area contributed by atoms with Crippen LogP contribution in [0.2, 0.25) is 0 Å². The van der Waals surface area contributed by atoms with E-state index in [1.165, 1.54) is 0 Å². The van der Waals surface area contributed by atoms with E-state index in [-0.39, 0.29) is 0 Å². The molecule has 0 unspecified atom stereocenters. The molecule has 0 atom stereocenters. The van der Waals surface area contributed by atoms with Crippen LogP contribution in [-0.4, -0.2) is 19.5 Å². The molecule has 0 bridgehead atoms. The molecular formula is C34H21N5. The molecule has 182 valence electrons. The lowest BCUT2D eigenvalue weighted by Crippen LogP contribution is -2.04. The number of rotatable bonds is 4. The molecule has 5 aromatic carbocycles. The van der Waals surface area contributed by atoms with E-state index in [9.17, 15) is 5.26 Å². The minimum absolute atomic E-state index is 0.511. The van der Waals surface area contributed by atoms with Gasteiger partial charge in [0.25, 0.3) is 0 Å². The average Bonchev–Trinajstić information content (AvgIpc) is 3.35. The summed E-state index contributed by atoms with van der Waals surface area (Å²) >= 11 is 0. The third kappa shape index (κ3) is 3.92. The number of nitrogens with zero attached hydrogens (tertiary/aromatic N) is 5. The number of nitriles is 1. The van der Waals surface area contributed by atoms with Crippen molar-refractivity contribution in [3.63, 3.8) is 0 Å². The molecule has 2 heterocycles. The zero-order valence-corrected chi connectivity index (χ0v) is 20.9. The van der Waals surface area contributed by atoms with E-state index in [2.05, 4.69) is 47.0 Å². The molecule has 0 N–H and O–H groups in total. The highest BCUT2D eigenvalue weighted by molar-refractivity contribution is 6.09. The summed E-state index contributed by atoms with van der Waals surface area (Å²) in [6.07, 6.45) is 0. The van der Waals surface area contributed by atoms with Crippen LogP contribution < -0.4 is 0 Å². The third-order valence-corrected chi connectivity index (χ3v) is 6.89. The Kier molecular flexibility index (Phi) is 5.42. The standard InChI is InChI=1S/C34H21N5/c35-22-23-19-20-31(39-29-17-9-7-15-26(29)27-16-8-10-18-30(27)39)28(21-23)34-37-32(24-11-3-1-4-12-24)36-33(38-34)25-13-5-2-6-14-25/h1-21H. The van der Waals surface area contributed by atoms with E-state index in [0.29, 0.717) is 23.0 Å². The molecule has 0 saturated heterocycles. The minimum Gasteiger partial charge on any atom is -0.309 e. The first-order chi connectivity index (χ1) is 19.3. The molecule has 5 nitrogen and oxygen atoms in total. The molecule has 0 saturated carbocycles. The maximum absolute atomic E-state index is 9.83. The second-order valence-corrected chi connectivity index (χ2v) is 9.25. The summed E-state index contributed by atoms with van der Waals surface area (Å²) in [6.45, 7) is 0. The van der Waals surface area contributed by atoms with Crippen molar-refractivity contribution in [2.24, 2.45) is 0 Å². The molecule has 5 heteroatoms. The SMILES string of the molecule is N#Cc1ccc(-n2c3ccccc3c3ccccc32)c(-c2nc(-c3ccccc3)nc(-c3ccccc3)n2)c1. The van der Waals surface area contributed by atoms with Gasteiger partial charge in [0.1, 0.15) is 0 Å². The second kappa shape index (κ2) is 9.37. The number of aromatic nitrogens is 4. The lowest BCUT2D eigenvalue weighted by atomic mass is 10.1. The van der Waals surface area contributed by atoms with Gasteiger partial charge in [0.2, 0.25) is 0 Å². The van der Waals surface area contributed by atoms with Gasteiger partial charge in [-0.25, -0.2) is 15.0 Å². The first-order valence-electron chi connectivity index (χ1n) is 12.7. The number of para-hydroxylation sites is 2. The second-order valence-electron chi connectivity index (χ2n) is 9.25. The Morgan fingerprint density at radius 2 is 1.00 bits per heavy atom. The lowest BCUT2D eigenvalue weighted by Gasteiger charge is -2.15. The lowest BCUT2D eigenvalue weighted by molar-refractivity contribution is 1.06. The monoisotopic (exact) mass is 499 g/mol. The van der Waals surface area contributed by atoms with E-state index in [0.717, 1.165) is 44.2 Å². The predicted octanol–water partition coefficient (Wildman–Crippen LogP) is 7.84. The number of hydrogen-bond donors (Lipinski definition) is 0. The van der Waals surface area contributed by atoms with Gasteiger partial charge in [0.15, 0.2) is 17.5 Å². The quantitative estimate of drug-likeness (QED) is 0.247. The van der Waals surface area contributed by atoms with Crippen LogP contribution in [0.4, 0.5) is 0 Å². The maximum atomic E-state index is 9.83. The van der Waals surface area contributed by atoms with E-state index >= 15 is 0 Å². The van der Waals surface area contributed by atoms with Crippen molar-refractivity contribution in [3.05, 3.63) is 133 Å². The molecular weight excluding hydrogens is 478 g/mol. The normalized spacial score (nSPS) is 11.1. The summed E-state index contributed by atoms with van der Waals surface area (Å²) in [7, 11) is 0. The number of benzene rings is 5. The molecule has 2 aromatic heterocycles. The molecule has 0 amide bonds. The number of fused-ring (bicyclic) bond motifs is 3. The Hall–Kier alpha value is -5.60. The van der Waals surface area contributed by atoms with Gasteiger partial charge < -0.3 is 4.57 Å². The van der Waals surface area contributed by atoms with E-state index in [1.807, 2.05) is 91.0 Å². The summed E-state index contributed by atoms with van der Waals surface area (Å²) in [5.41, 5.74) is 6.14. The molecule has 0 spiro atoms. The van der Waals surface area contributed by atoms with Crippen molar-refractivity contribution < 1.29 is 0 Å². The van der Waals surface area contributed by atoms with Gasteiger partial charge in [-0.3, -0.25) is 0 Å². The fourth-order valence-electron chi connectivity index (χ4n) is 5.09. The van der Waals surface area contributed by atoms with Crippen LogP contribution in [0.3, 0.4) is 0 Å². The predicted molar refractivity (Wildman–Crippen MR) is 155 cm³/mol. The third-order valence-electron chi connectivity index (χ3n) is 6.89. The van der Waals surface area contributed by atoms with Gasteiger partial charge in [-0.15, -0.1) is 0 Å². The van der Waals surface area contributed by atoms with E-state index in [4.69, 9.17) is 15.0 Å². The highest BCUT2D eigenvalue weighted by Gasteiger charge is 2.19. The molecule has 39 heavy (non-hydrogen) atoms. The first-order valence-corrected chi connectivity index (χ1v) is 12.7. The topological polar surface area (TPSA) is 67.4 Å². The van der Waals surface area contributed by atoms with Crippen molar-refractivity contribution >= 4 is 21.8 Å². The Morgan fingerprint density at radius 3 is 1.54 bits per heavy atom. The minimum atomic E-state index is 0.511. The maximum Gasteiger partial charge on any atom is 0.166 e. The van der Waals surface area contributed by atoms with Crippen molar-refractivity contribution in [1.29, 1.82) is 5.26 Å². The molecule has 0 aliphatic heterocycles. The van der Waals surface area contributed by atoms with Crippen molar-refractivity contribution in [3.8, 4) is 45.9 Å². The van der Waals surface area contributed by atoms with E-state index < -0.39 is 0 Å². The largest absolute Gasteiger partial charge is 0.309 e. The summed E-state index contributed by atoms with van der Waals surface area (Å²) in [5, 5.41) is 12.2. The Bertz CT molecular complexity index is 1910.